The zero-order valence-corrected chi connectivity index (χ0v) is 15.5. The molecule has 0 N–H and O–H groups in total. The Kier molecular flexibility index (Phi) is 5.54. The molecular weight excluding hydrogens is 308 g/mol. The number of likely N-dealkylation sites (N-methyl/N-ethyl adjacent to an activating group) is 2. The standard InChI is InChI=1S/C22H28N2O/c1-17-11-13-18(14-12-17)15-24(3)22(25)16-23(2)21-10-6-8-19-7-4-5-9-20(19)21/h4-5,7,9,11-14,21H,6,8,10,15-16H2,1-3H3/t21-/m1/s1. The molecule has 2 aromatic carbocycles. The van der Waals surface area contributed by atoms with Gasteiger partial charge in [0.25, 0.3) is 0 Å². The van der Waals surface area contributed by atoms with Crippen LogP contribution in [0.5, 0.6) is 0 Å². The molecule has 0 aromatic heterocycles. The van der Waals surface area contributed by atoms with Crippen LogP contribution in [0.3, 0.4) is 0 Å². The van der Waals surface area contributed by atoms with Gasteiger partial charge in [-0.25, -0.2) is 0 Å². The van der Waals surface area contributed by atoms with Gasteiger partial charge in [0.2, 0.25) is 5.91 Å². The van der Waals surface area contributed by atoms with Gasteiger partial charge in [-0.15, -0.1) is 0 Å². The highest BCUT2D eigenvalue weighted by Crippen LogP contribution is 2.33. The van der Waals surface area contributed by atoms with Crippen LogP contribution in [0.2, 0.25) is 0 Å². The van der Waals surface area contributed by atoms with Gasteiger partial charge in [0, 0.05) is 19.6 Å². The Labute approximate surface area is 151 Å². The van der Waals surface area contributed by atoms with E-state index in [-0.39, 0.29) is 5.91 Å². The molecule has 1 amide bonds. The molecule has 132 valence electrons. The molecule has 1 aliphatic rings. The minimum absolute atomic E-state index is 0.172. The van der Waals surface area contributed by atoms with Crippen molar-refractivity contribution in [2.24, 2.45) is 0 Å². The maximum absolute atomic E-state index is 12.7. The van der Waals surface area contributed by atoms with Gasteiger partial charge in [-0.1, -0.05) is 54.1 Å². The van der Waals surface area contributed by atoms with Crippen LogP contribution in [-0.2, 0) is 17.8 Å². The van der Waals surface area contributed by atoms with Gasteiger partial charge in [-0.2, -0.15) is 0 Å². The summed E-state index contributed by atoms with van der Waals surface area (Å²) in [7, 11) is 3.97. The lowest BCUT2D eigenvalue weighted by molar-refractivity contribution is -0.131. The average molecular weight is 336 g/mol. The summed E-state index contributed by atoms with van der Waals surface area (Å²) in [6.45, 7) is 3.20. The Hall–Kier alpha value is -2.13. The summed E-state index contributed by atoms with van der Waals surface area (Å²) in [4.78, 5) is 16.7. The fourth-order valence-electron chi connectivity index (χ4n) is 3.69. The van der Waals surface area contributed by atoms with Crippen molar-refractivity contribution in [3.8, 4) is 0 Å². The molecule has 2 aromatic rings. The van der Waals surface area contributed by atoms with Crippen molar-refractivity contribution >= 4 is 5.91 Å². The van der Waals surface area contributed by atoms with E-state index >= 15 is 0 Å². The molecule has 0 bridgehead atoms. The molecule has 0 fully saturated rings. The second-order valence-corrected chi connectivity index (χ2v) is 7.26. The summed E-state index contributed by atoms with van der Waals surface area (Å²) < 4.78 is 0. The van der Waals surface area contributed by atoms with E-state index < -0.39 is 0 Å². The SMILES string of the molecule is Cc1ccc(CN(C)C(=O)CN(C)[C@@H]2CCCc3ccccc32)cc1. The van der Waals surface area contributed by atoms with Crippen LogP contribution in [0.1, 0.15) is 41.1 Å². The first-order chi connectivity index (χ1) is 12.0. The van der Waals surface area contributed by atoms with Crippen molar-refractivity contribution < 1.29 is 4.79 Å². The predicted molar refractivity (Wildman–Crippen MR) is 102 cm³/mol. The molecule has 0 saturated carbocycles. The van der Waals surface area contributed by atoms with Gasteiger partial charge in [-0.05, 0) is 49.9 Å². The second-order valence-electron chi connectivity index (χ2n) is 7.26. The quantitative estimate of drug-likeness (QED) is 0.825. The third kappa shape index (κ3) is 4.29. The van der Waals surface area contributed by atoms with E-state index in [4.69, 9.17) is 0 Å². The second kappa shape index (κ2) is 7.83. The van der Waals surface area contributed by atoms with Crippen molar-refractivity contribution in [2.75, 3.05) is 20.6 Å². The molecule has 25 heavy (non-hydrogen) atoms. The van der Waals surface area contributed by atoms with E-state index in [2.05, 4.69) is 67.4 Å². The molecular formula is C22H28N2O. The maximum atomic E-state index is 12.7. The van der Waals surface area contributed by atoms with Crippen molar-refractivity contribution in [2.45, 2.75) is 38.8 Å². The Morgan fingerprint density at radius 2 is 1.80 bits per heavy atom. The van der Waals surface area contributed by atoms with Gasteiger partial charge >= 0.3 is 0 Å². The van der Waals surface area contributed by atoms with Crippen LogP contribution in [-0.4, -0.2) is 36.3 Å². The average Bonchev–Trinajstić information content (AvgIpc) is 2.63. The van der Waals surface area contributed by atoms with E-state index in [1.807, 2.05) is 11.9 Å². The Balaban J connectivity index is 1.61. The van der Waals surface area contributed by atoms with Gasteiger partial charge < -0.3 is 4.90 Å². The van der Waals surface area contributed by atoms with Crippen LogP contribution < -0.4 is 0 Å². The zero-order valence-electron chi connectivity index (χ0n) is 15.5. The minimum Gasteiger partial charge on any atom is -0.340 e. The molecule has 1 aliphatic carbocycles. The molecule has 3 heteroatoms. The number of hydrogen-bond donors (Lipinski definition) is 0. The highest BCUT2D eigenvalue weighted by Gasteiger charge is 2.25. The highest BCUT2D eigenvalue weighted by molar-refractivity contribution is 5.78. The summed E-state index contributed by atoms with van der Waals surface area (Å²) in [6.07, 6.45) is 3.48. The molecule has 1 atom stereocenters. The summed E-state index contributed by atoms with van der Waals surface area (Å²) in [5, 5.41) is 0. The number of hydrogen-bond acceptors (Lipinski definition) is 2. The Bertz CT molecular complexity index is 723. The first-order valence-electron chi connectivity index (χ1n) is 9.12. The van der Waals surface area contributed by atoms with Gasteiger partial charge in [0.1, 0.15) is 0 Å². The third-order valence-corrected chi connectivity index (χ3v) is 5.22. The van der Waals surface area contributed by atoms with Crippen molar-refractivity contribution in [1.82, 2.24) is 9.80 Å². The monoisotopic (exact) mass is 336 g/mol. The van der Waals surface area contributed by atoms with Gasteiger partial charge in [0.15, 0.2) is 0 Å². The Morgan fingerprint density at radius 1 is 1.08 bits per heavy atom. The molecule has 3 nitrogen and oxygen atoms in total. The summed E-state index contributed by atoms with van der Waals surface area (Å²) in [6, 6.07) is 17.4. The van der Waals surface area contributed by atoms with Crippen LogP contribution in [0.25, 0.3) is 0 Å². The van der Waals surface area contributed by atoms with Crippen molar-refractivity contribution in [1.29, 1.82) is 0 Å². The first kappa shape index (κ1) is 17.7. The lowest BCUT2D eigenvalue weighted by Crippen LogP contribution is -2.38. The number of carbonyl (C=O) groups is 1. The smallest absolute Gasteiger partial charge is 0.236 e. The maximum Gasteiger partial charge on any atom is 0.236 e. The van der Waals surface area contributed by atoms with Crippen LogP contribution in [0.15, 0.2) is 48.5 Å². The topological polar surface area (TPSA) is 23.6 Å². The van der Waals surface area contributed by atoms with Crippen LogP contribution in [0.4, 0.5) is 0 Å². The lowest BCUT2D eigenvalue weighted by atomic mass is 9.87. The normalized spacial score (nSPS) is 16.6. The number of nitrogens with zero attached hydrogens (tertiary/aromatic N) is 2. The number of rotatable bonds is 5. The number of carbonyl (C=O) groups excluding carboxylic acids is 1. The van der Waals surface area contributed by atoms with Crippen LogP contribution >= 0.6 is 0 Å². The number of aryl methyl sites for hydroxylation is 2. The molecule has 0 saturated heterocycles. The van der Waals surface area contributed by atoms with E-state index in [1.54, 1.807) is 0 Å². The number of benzene rings is 2. The molecule has 0 spiro atoms. The predicted octanol–water partition coefficient (Wildman–Crippen LogP) is 3.96. The fourth-order valence-corrected chi connectivity index (χ4v) is 3.69. The molecule has 0 radical (unpaired) electrons. The van der Waals surface area contributed by atoms with E-state index in [0.29, 0.717) is 19.1 Å². The van der Waals surface area contributed by atoms with Crippen LogP contribution in [0, 0.1) is 6.92 Å². The van der Waals surface area contributed by atoms with E-state index in [9.17, 15) is 4.79 Å². The zero-order chi connectivity index (χ0) is 17.8. The van der Waals surface area contributed by atoms with E-state index in [1.165, 1.54) is 28.7 Å². The minimum atomic E-state index is 0.172. The number of amides is 1. The largest absolute Gasteiger partial charge is 0.340 e. The summed E-state index contributed by atoms with van der Waals surface area (Å²) in [5.74, 6) is 0.172. The Morgan fingerprint density at radius 3 is 2.56 bits per heavy atom. The fraction of sp³-hybridized carbons (Fsp3) is 0.409. The van der Waals surface area contributed by atoms with E-state index in [0.717, 1.165) is 12.8 Å². The lowest BCUT2D eigenvalue weighted by Gasteiger charge is -2.33. The summed E-state index contributed by atoms with van der Waals surface area (Å²) in [5.41, 5.74) is 5.25. The van der Waals surface area contributed by atoms with Crippen molar-refractivity contribution in [3.63, 3.8) is 0 Å². The molecule has 0 unspecified atom stereocenters. The molecule has 3 rings (SSSR count). The highest BCUT2D eigenvalue weighted by atomic mass is 16.2. The number of fused-ring (bicyclic) bond motifs is 1. The molecule has 0 aliphatic heterocycles. The third-order valence-electron chi connectivity index (χ3n) is 5.22. The first-order valence-corrected chi connectivity index (χ1v) is 9.12. The molecule has 0 heterocycles. The van der Waals surface area contributed by atoms with Crippen molar-refractivity contribution in [3.05, 3.63) is 70.8 Å². The summed E-state index contributed by atoms with van der Waals surface area (Å²) >= 11 is 0. The van der Waals surface area contributed by atoms with Gasteiger partial charge in [-0.3, -0.25) is 9.69 Å². The van der Waals surface area contributed by atoms with Gasteiger partial charge in [0.05, 0.1) is 6.54 Å².